The fraction of sp³-hybridized carbons (Fsp3) is 0.375. The first-order valence-corrected chi connectivity index (χ1v) is 8.11. The lowest BCUT2D eigenvalue weighted by Gasteiger charge is -2.33. The molecule has 4 nitrogen and oxygen atoms in total. The number of amides is 1. The Morgan fingerprint density at radius 1 is 1.22 bits per heavy atom. The smallest absolute Gasteiger partial charge is 0.330 e. The molecule has 27 heavy (non-hydrogen) atoms. The summed E-state index contributed by atoms with van der Waals surface area (Å²) in [6.45, 7) is 1.36. The number of alkyl halides is 6. The summed E-state index contributed by atoms with van der Waals surface area (Å²) in [5, 5.41) is 4.84. The Kier molecular flexibility index (Phi) is 4.65. The van der Waals surface area contributed by atoms with Gasteiger partial charge in [0.05, 0.1) is 27.9 Å². The van der Waals surface area contributed by atoms with Gasteiger partial charge in [-0.05, 0) is 25.5 Å². The molecule has 1 amide bonds. The van der Waals surface area contributed by atoms with Crippen LogP contribution in [0.25, 0.3) is 0 Å². The molecule has 0 unspecified atom stereocenters. The zero-order valence-electron chi connectivity index (χ0n) is 13.7. The zero-order chi connectivity index (χ0) is 20.1. The first-order valence-electron chi connectivity index (χ1n) is 7.74. The maximum absolute atomic E-state index is 13.0. The summed E-state index contributed by atoms with van der Waals surface area (Å²) < 4.78 is 77.9. The minimum Gasteiger partial charge on any atom is -0.330 e. The first kappa shape index (κ1) is 19.5. The molecule has 2 aromatic rings. The third kappa shape index (κ3) is 3.38. The highest BCUT2D eigenvalue weighted by Gasteiger charge is 2.42. The van der Waals surface area contributed by atoms with Gasteiger partial charge in [0.1, 0.15) is 0 Å². The highest BCUT2D eigenvalue weighted by atomic mass is 35.5. The Morgan fingerprint density at radius 3 is 2.48 bits per heavy atom. The van der Waals surface area contributed by atoms with E-state index in [1.54, 1.807) is 0 Å². The van der Waals surface area contributed by atoms with Gasteiger partial charge in [-0.1, -0.05) is 17.7 Å². The highest BCUT2D eigenvalue weighted by molar-refractivity contribution is 6.34. The number of hydrogen-bond donors (Lipinski definition) is 1. The molecule has 146 valence electrons. The van der Waals surface area contributed by atoms with Crippen LogP contribution >= 0.6 is 11.6 Å². The normalized spacial score (nSPS) is 17.8. The third-order valence-electron chi connectivity index (χ3n) is 4.45. The predicted octanol–water partition coefficient (Wildman–Crippen LogP) is 4.86. The molecule has 0 spiro atoms. The lowest BCUT2D eigenvalue weighted by molar-refractivity contribution is -0.142. The van der Waals surface area contributed by atoms with Crippen LogP contribution in [0, 0.1) is 0 Å². The second kappa shape index (κ2) is 6.43. The van der Waals surface area contributed by atoms with E-state index in [4.69, 9.17) is 11.6 Å². The number of benzene rings is 1. The average molecular weight is 412 g/mol. The van der Waals surface area contributed by atoms with Gasteiger partial charge in [0.25, 0.3) is 5.91 Å². The summed E-state index contributed by atoms with van der Waals surface area (Å²) in [5.74, 6) is -0.799. The molecule has 0 radical (unpaired) electrons. The van der Waals surface area contributed by atoms with E-state index < -0.39 is 40.6 Å². The molecular weight excluding hydrogens is 400 g/mol. The summed E-state index contributed by atoms with van der Waals surface area (Å²) in [6, 6.07) is 2.12. The molecule has 2 heterocycles. The van der Waals surface area contributed by atoms with Crippen LogP contribution in [-0.2, 0) is 18.8 Å². The largest absolute Gasteiger partial charge is 0.435 e. The van der Waals surface area contributed by atoms with Crippen molar-refractivity contribution >= 4 is 17.5 Å². The van der Waals surface area contributed by atoms with E-state index in [1.807, 2.05) is 0 Å². The van der Waals surface area contributed by atoms with E-state index in [-0.39, 0.29) is 29.8 Å². The van der Waals surface area contributed by atoms with Crippen molar-refractivity contribution in [3.05, 3.63) is 51.3 Å². The van der Waals surface area contributed by atoms with Crippen LogP contribution < -0.4 is 0 Å². The molecule has 1 aromatic heterocycles. The van der Waals surface area contributed by atoms with Crippen LogP contribution in [0.5, 0.6) is 0 Å². The first-order chi connectivity index (χ1) is 12.4. The van der Waals surface area contributed by atoms with Crippen molar-refractivity contribution in [1.29, 1.82) is 0 Å². The van der Waals surface area contributed by atoms with Crippen molar-refractivity contribution in [1.82, 2.24) is 15.1 Å². The van der Waals surface area contributed by atoms with Crippen molar-refractivity contribution in [2.45, 2.75) is 31.7 Å². The number of halogens is 7. The topological polar surface area (TPSA) is 49.0 Å². The van der Waals surface area contributed by atoms with Crippen molar-refractivity contribution < 1.29 is 31.1 Å². The molecule has 0 fully saturated rings. The summed E-state index contributed by atoms with van der Waals surface area (Å²) in [6.07, 6.45) is -9.51. The van der Waals surface area contributed by atoms with Crippen molar-refractivity contribution in [2.75, 3.05) is 6.54 Å². The molecule has 11 heteroatoms. The standard InChI is InChI=1S/C16H12ClF6N3O/c1-7-12-9(13(25-24-12)16(21,22)23)5-6-26(7)14(27)8-3-2-4-10(11(8)17)15(18,19)20/h2-4,7H,5-6H2,1H3,(H,24,25)/t7-/m0/s1. The molecular formula is C16H12ClF6N3O. The van der Waals surface area contributed by atoms with Crippen LogP contribution in [0.15, 0.2) is 18.2 Å². The van der Waals surface area contributed by atoms with Gasteiger partial charge in [-0.15, -0.1) is 0 Å². The second-order valence-electron chi connectivity index (χ2n) is 6.05. The quantitative estimate of drug-likeness (QED) is 0.681. The van der Waals surface area contributed by atoms with Crippen LogP contribution in [0.2, 0.25) is 5.02 Å². The Hall–Kier alpha value is -2.23. The lowest BCUT2D eigenvalue weighted by atomic mass is 9.97. The predicted molar refractivity (Wildman–Crippen MR) is 83.2 cm³/mol. The Morgan fingerprint density at radius 2 is 1.89 bits per heavy atom. The molecule has 3 rings (SSSR count). The minimum atomic E-state index is -4.74. The molecule has 1 aliphatic heterocycles. The number of aromatic amines is 1. The summed E-state index contributed by atoms with van der Waals surface area (Å²) in [5.41, 5.74) is -2.51. The van der Waals surface area contributed by atoms with E-state index in [0.29, 0.717) is 0 Å². The van der Waals surface area contributed by atoms with Crippen molar-refractivity contribution in [3.8, 4) is 0 Å². The summed E-state index contributed by atoms with van der Waals surface area (Å²) in [4.78, 5) is 13.9. The SMILES string of the molecule is C[C@H]1c2[nH]nc(C(F)(F)F)c2CCN1C(=O)c1cccc(C(F)(F)F)c1Cl. The van der Waals surface area contributed by atoms with Gasteiger partial charge >= 0.3 is 12.4 Å². The number of hydrogen-bond acceptors (Lipinski definition) is 2. The summed E-state index contributed by atoms with van der Waals surface area (Å²) in [7, 11) is 0. The minimum absolute atomic E-state index is 0.0470. The van der Waals surface area contributed by atoms with Gasteiger partial charge in [-0.25, -0.2) is 0 Å². The Balaban J connectivity index is 1.95. The van der Waals surface area contributed by atoms with E-state index in [9.17, 15) is 31.1 Å². The fourth-order valence-electron chi connectivity index (χ4n) is 3.14. The molecule has 0 aliphatic carbocycles. The monoisotopic (exact) mass is 411 g/mol. The number of H-pyrrole nitrogens is 1. The molecule has 1 N–H and O–H groups in total. The van der Waals surface area contributed by atoms with Crippen LogP contribution in [0.1, 0.15) is 45.8 Å². The fourth-order valence-corrected chi connectivity index (χ4v) is 3.46. The molecule has 1 aliphatic rings. The van der Waals surface area contributed by atoms with Crippen molar-refractivity contribution in [2.24, 2.45) is 0 Å². The highest BCUT2D eigenvalue weighted by Crippen LogP contribution is 2.40. The van der Waals surface area contributed by atoms with Gasteiger partial charge in [-0.2, -0.15) is 31.4 Å². The molecule has 0 saturated heterocycles. The number of aromatic nitrogens is 2. The van der Waals surface area contributed by atoms with E-state index in [1.165, 1.54) is 11.8 Å². The average Bonchev–Trinajstić information content (AvgIpc) is 2.99. The van der Waals surface area contributed by atoms with E-state index >= 15 is 0 Å². The van der Waals surface area contributed by atoms with Crippen LogP contribution in [0.4, 0.5) is 26.3 Å². The van der Waals surface area contributed by atoms with Gasteiger partial charge in [-0.3, -0.25) is 9.89 Å². The van der Waals surface area contributed by atoms with Gasteiger partial charge in [0, 0.05) is 12.1 Å². The second-order valence-corrected chi connectivity index (χ2v) is 6.43. The Labute approximate surface area is 154 Å². The number of carbonyl (C=O) groups excluding carboxylic acids is 1. The maximum Gasteiger partial charge on any atom is 0.435 e. The Bertz CT molecular complexity index is 889. The number of nitrogens with one attached hydrogen (secondary N) is 1. The molecule has 1 atom stereocenters. The lowest BCUT2D eigenvalue weighted by Crippen LogP contribution is -2.39. The molecule has 0 bridgehead atoms. The van der Waals surface area contributed by atoms with Crippen LogP contribution in [0.3, 0.4) is 0 Å². The van der Waals surface area contributed by atoms with Gasteiger partial charge in [0.2, 0.25) is 0 Å². The third-order valence-corrected chi connectivity index (χ3v) is 4.86. The van der Waals surface area contributed by atoms with Gasteiger partial charge < -0.3 is 4.90 Å². The van der Waals surface area contributed by atoms with E-state index in [0.717, 1.165) is 18.2 Å². The number of carbonyl (C=O) groups is 1. The number of nitrogens with zero attached hydrogens (tertiary/aromatic N) is 2. The zero-order valence-corrected chi connectivity index (χ0v) is 14.4. The van der Waals surface area contributed by atoms with E-state index in [2.05, 4.69) is 10.2 Å². The van der Waals surface area contributed by atoms with Crippen LogP contribution in [-0.4, -0.2) is 27.5 Å². The number of fused-ring (bicyclic) bond motifs is 1. The van der Waals surface area contributed by atoms with Crippen molar-refractivity contribution in [3.63, 3.8) is 0 Å². The van der Waals surface area contributed by atoms with Gasteiger partial charge in [0.15, 0.2) is 5.69 Å². The maximum atomic E-state index is 13.0. The molecule has 1 aromatic carbocycles. The summed E-state index contributed by atoms with van der Waals surface area (Å²) >= 11 is 5.78. The number of rotatable bonds is 1. The molecule has 0 saturated carbocycles.